The van der Waals surface area contributed by atoms with Crippen LogP contribution in [0.1, 0.15) is 129 Å². The summed E-state index contributed by atoms with van der Waals surface area (Å²) in [6.45, 7) is 3.15. The molecule has 6 unspecified atom stereocenters. The molecule has 0 spiro atoms. The molecule has 15 aromatic rings. The quantitative estimate of drug-likeness (QED) is 0.0460. The number of nitrogens with one attached hydrogen (secondary N) is 3. The summed E-state index contributed by atoms with van der Waals surface area (Å²) in [5, 5.41) is 60.8. The van der Waals surface area contributed by atoms with Crippen molar-refractivity contribution in [1.29, 1.82) is 0 Å². The number of aliphatic hydroxyl groups is 3. The van der Waals surface area contributed by atoms with Crippen molar-refractivity contribution in [1.82, 2.24) is 80.2 Å². The van der Waals surface area contributed by atoms with Crippen LogP contribution in [0.2, 0.25) is 0 Å². The Morgan fingerprint density at radius 2 is 0.771 bits per heavy atom. The van der Waals surface area contributed by atoms with Gasteiger partial charge in [-0.1, -0.05) is 164 Å². The number of carbonyl (C=O) groups excluding carboxylic acids is 3. The Hall–Kier alpha value is -13.0. The van der Waals surface area contributed by atoms with E-state index >= 15 is 0 Å². The molecule has 546 valence electrons. The number of aromatic nitrogens is 13. The maximum atomic E-state index is 13.1. The molecule has 3 saturated carbocycles. The standard InChI is InChI=1S/C29H28N6O2.C28H26N6O2.C27H25N7O2/c1-17-6-9-19-4-2-3-5-23(19)24(17)29(37)31-15-18-7-10-20(11-8-18)26-25-27(30)32-16-33-28(25)35(34-26)21-12-13-22(36)14-21;29-26-24-25(33-34(27(24)32-16-31-26)20-12-13-21(35)14-20)19-10-8-17(9-11-19)15-30-28(36)23-7-3-5-18-4-1-2-6-22(18)23;28-25-22-24(33-34(26(22)32-15-31-25)19-10-11-20(35)13-19)18-8-6-16(7-9-18)14-30-27(36)21-5-1-3-17-4-2-12-29-23(17)21/h2-11,16,21-22,36H,12-15H2,1H3,(H,31,37)(H2,30,32,33);1-11,16,20-21,35H,12-15H2,(H,30,36)(H2,29,31,32);1-9,12,15,19-20,35H,10-11,13-14H2,(H,30,36)(H2,28,31,32). The highest BCUT2D eigenvalue weighted by Crippen LogP contribution is 2.41. The van der Waals surface area contributed by atoms with Crippen molar-refractivity contribution in [3.05, 3.63) is 246 Å². The fourth-order valence-corrected chi connectivity index (χ4v) is 15.4. The van der Waals surface area contributed by atoms with E-state index in [1.54, 1.807) is 12.3 Å². The van der Waals surface area contributed by atoms with Gasteiger partial charge in [-0.3, -0.25) is 19.4 Å². The molecule has 25 nitrogen and oxygen atoms in total. The summed E-state index contributed by atoms with van der Waals surface area (Å²) in [4.78, 5) is 69.1. The molecule has 0 aliphatic heterocycles. The van der Waals surface area contributed by atoms with E-state index in [1.165, 1.54) is 19.0 Å². The van der Waals surface area contributed by atoms with E-state index < -0.39 is 0 Å². The molecule has 12 N–H and O–H groups in total. The van der Waals surface area contributed by atoms with Crippen LogP contribution in [0.5, 0.6) is 0 Å². The van der Waals surface area contributed by atoms with E-state index in [0.717, 1.165) is 127 Å². The minimum atomic E-state index is -0.323. The molecular formula is C84H79N19O6. The highest BCUT2D eigenvalue weighted by Gasteiger charge is 2.32. The average Bonchev–Trinajstić information content (AvgIpc) is 1.62. The summed E-state index contributed by atoms with van der Waals surface area (Å²) in [6, 6.07) is 58.8. The van der Waals surface area contributed by atoms with Crippen molar-refractivity contribution in [3.8, 4) is 33.8 Å². The summed E-state index contributed by atoms with van der Waals surface area (Å²) in [5.41, 5.74) is 32.0. The predicted octanol–water partition coefficient (Wildman–Crippen LogP) is 12.4. The first-order valence-electron chi connectivity index (χ1n) is 36.6. The molecule has 7 aromatic heterocycles. The number of benzene rings is 8. The van der Waals surface area contributed by atoms with Crippen molar-refractivity contribution in [3.63, 3.8) is 0 Å². The molecule has 7 heterocycles. The van der Waals surface area contributed by atoms with Gasteiger partial charge in [0.2, 0.25) is 0 Å². The fourth-order valence-electron chi connectivity index (χ4n) is 15.4. The van der Waals surface area contributed by atoms with E-state index in [9.17, 15) is 29.7 Å². The number of aliphatic hydroxyl groups excluding tert-OH is 3. The van der Waals surface area contributed by atoms with Crippen LogP contribution in [0.15, 0.2) is 207 Å². The summed E-state index contributed by atoms with van der Waals surface area (Å²) in [7, 11) is 0. The highest BCUT2D eigenvalue weighted by atomic mass is 16.3. The van der Waals surface area contributed by atoms with Gasteiger partial charge in [-0.05, 0) is 127 Å². The van der Waals surface area contributed by atoms with Crippen molar-refractivity contribution in [2.75, 3.05) is 17.2 Å². The SMILES string of the molecule is Cc1ccc2ccccc2c1C(=O)NCc1ccc(-c2nn(C3CCC(O)C3)c3ncnc(N)c23)cc1.Nc1ncnc2c1c(-c1ccc(CNC(=O)c3cccc4ccccc34)cc1)nn2C1CCC(O)C1.Nc1ncnc2c1c(-c1ccc(CNC(=O)c3cccc4cccnc34)cc1)nn2C1CCC(O)C1. The highest BCUT2D eigenvalue weighted by molar-refractivity contribution is 6.09. The van der Waals surface area contributed by atoms with Crippen molar-refractivity contribution in [2.45, 2.75) is 121 Å². The third-order valence-electron chi connectivity index (χ3n) is 21.0. The largest absolute Gasteiger partial charge is 0.393 e. The minimum absolute atomic E-state index is 0.0728. The van der Waals surface area contributed by atoms with Gasteiger partial charge in [0, 0.05) is 53.5 Å². The molecule has 0 saturated heterocycles. The van der Waals surface area contributed by atoms with Crippen LogP contribution in [0.4, 0.5) is 17.5 Å². The number of aryl methyl sites for hydroxylation is 1. The lowest BCUT2D eigenvalue weighted by Crippen LogP contribution is -2.23. The van der Waals surface area contributed by atoms with Gasteiger partial charge in [-0.25, -0.2) is 43.9 Å². The van der Waals surface area contributed by atoms with E-state index in [4.69, 9.17) is 32.5 Å². The Morgan fingerprint density at radius 1 is 0.394 bits per heavy atom. The molecule has 3 aliphatic rings. The first kappa shape index (κ1) is 70.3. The lowest BCUT2D eigenvalue weighted by Gasteiger charge is -2.11. The number of hydrogen-bond donors (Lipinski definition) is 9. The van der Waals surface area contributed by atoms with Gasteiger partial charge in [0.1, 0.15) is 53.5 Å². The van der Waals surface area contributed by atoms with Crippen LogP contribution < -0.4 is 33.2 Å². The Morgan fingerprint density at radius 3 is 1.21 bits per heavy atom. The molecule has 3 fully saturated rings. The Labute approximate surface area is 625 Å². The average molecular weight is 1450 g/mol. The number of rotatable bonds is 15. The number of hydrogen-bond acceptors (Lipinski definition) is 19. The zero-order valence-electron chi connectivity index (χ0n) is 59.7. The molecule has 6 atom stereocenters. The zero-order valence-corrected chi connectivity index (χ0v) is 59.7. The van der Waals surface area contributed by atoms with Gasteiger partial charge in [0.25, 0.3) is 17.7 Å². The second-order valence-corrected chi connectivity index (χ2v) is 28.1. The lowest BCUT2D eigenvalue weighted by molar-refractivity contribution is 0.0944. The molecule has 0 radical (unpaired) electrons. The number of amides is 3. The normalized spacial score (nSPS) is 17.5. The molecule has 8 aromatic carbocycles. The van der Waals surface area contributed by atoms with Gasteiger partial charge < -0.3 is 48.5 Å². The van der Waals surface area contributed by atoms with E-state index in [1.807, 2.05) is 197 Å². The second-order valence-electron chi connectivity index (χ2n) is 28.1. The molecule has 3 aliphatic carbocycles. The number of anilines is 3. The number of para-hydroxylation sites is 1. The molecule has 18 rings (SSSR count). The number of pyridine rings is 1. The van der Waals surface area contributed by atoms with Crippen molar-refractivity contribution >= 4 is 101 Å². The number of carbonyl (C=O) groups is 3. The van der Waals surface area contributed by atoms with Gasteiger partial charge in [0.15, 0.2) is 16.9 Å². The van der Waals surface area contributed by atoms with Crippen LogP contribution in [0.25, 0.3) is 99.3 Å². The Bertz CT molecular complexity index is 5680. The van der Waals surface area contributed by atoms with Gasteiger partial charge in [-0.2, -0.15) is 15.3 Å². The number of fused-ring (bicyclic) bond motifs is 6. The van der Waals surface area contributed by atoms with Gasteiger partial charge in [0.05, 0.1) is 69.2 Å². The molecule has 3 amide bonds. The van der Waals surface area contributed by atoms with Gasteiger partial charge in [-0.15, -0.1) is 0 Å². The third-order valence-corrected chi connectivity index (χ3v) is 21.0. The molecule has 109 heavy (non-hydrogen) atoms. The first-order chi connectivity index (χ1) is 53.2. The van der Waals surface area contributed by atoms with Crippen LogP contribution in [-0.2, 0) is 19.6 Å². The molecule has 0 bridgehead atoms. The van der Waals surface area contributed by atoms with E-state index in [0.29, 0.717) is 107 Å². The second kappa shape index (κ2) is 30.5. The first-order valence-corrected chi connectivity index (χ1v) is 36.6. The molecular weight excluding hydrogens is 1370 g/mol. The van der Waals surface area contributed by atoms with Crippen LogP contribution >= 0.6 is 0 Å². The van der Waals surface area contributed by atoms with E-state index in [2.05, 4.69) is 50.8 Å². The zero-order chi connectivity index (χ0) is 74.8. The maximum absolute atomic E-state index is 13.1. The Kier molecular flexibility index (Phi) is 19.7. The summed E-state index contributed by atoms with van der Waals surface area (Å²) in [6.07, 6.45) is 11.8. The van der Waals surface area contributed by atoms with E-state index in [-0.39, 0.29) is 54.2 Å². The Balaban J connectivity index is 0.000000124. The van der Waals surface area contributed by atoms with Crippen LogP contribution in [0.3, 0.4) is 0 Å². The summed E-state index contributed by atoms with van der Waals surface area (Å²) in [5.74, 6) is 0.769. The van der Waals surface area contributed by atoms with Crippen molar-refractivity contribution < 1.29 is 29.7 Å². The van der Waals surface area contributed by atoms with Crippen LogP contribution in [-0.4, -0.2) is 116 Å². The number of nitrogen functional groups attached to an aromatic ring is 3. The summed E-state index contributed by atoms with van der Waals surface area (Å²) >= 11 is 0. The minimum Gasteiger partial charge on any atom is -0.393 e. The van der Waals surface area contributed by atoms with Gasteiger partial charge >= 0.3 is 0 Å². The topological polar surface area (TPSA) is 370 Å². The third kappa shape index (κ3) is 14.4. The monoisotopic (exact) mass is 1450 g/mol. The predicted molar refractivity (Wildman–Crippen MR) is 420 cm³/mol. The smallest absolute Gasteiger partial charge is 0.253 e. The lowest BCUT2D eigenvalue weighted by atomic mass is 9.99. The van der Waals surface area contributed by atoms with Crippen LogP contribution in [0, 0.1) is 6.92 Å². The van der Waals surface area contributed by atoms with Crippen molar-refractivity contribution in [2.24, 2.45) is 0 Å². The fraction of sp³-hybridized carbons (Fsp3) is 0.226. The molecule has 25 heteroatoms. The summed E-state index contributed by atoms with van der Waals surface area (Å²) < 4.78 is 5.65. The number of nitrogens with two attached hydrogens (primary N) is 3. The number of nitrogens with zero attached hydrogens (tertiary/aromatic N) is 13. The maximum Gasteiger partial charge on any atom is 0.253 e.